The van der Waals surface area contributed by atoms with Gasteiger partial charge < -0.3 is 15.5 Å². The van der Waals surface area contributed by atoms with E-state index < -0.39 is 0 Å². The van der Waals surface area contributed by atoms with Gasteiger partial charge in [-0.2, -0.15) is 0 Å². The highest BCUT2D eigenvalue weighted by Crippen LogP contribution is 2.21. The first-order valence-corrected chi connectivity index (χ1v) is 9.43. The van der Waals surface area contributed by atoms with Crippen LogP contribution in [0.25, 0.3) is 0 Å². The maximum atomic E-state index is 12.2. The Kier molecular flexibility index (Phi) is 6.22. The first kappa shape index (κ1) is 19.4. The first-order valence-electron chi connectivity index (χ1n) is 9.43. The van der Waals surface area contributed by atoms with E-state index in [1.54, 1.807) is 12.1 Å². The lowest BCUT2D eigenvalue weighted by molar-refractivity contribution is 0.102. The van der Waals surface area contributed by atoms with Crippen LogP contribution in [0.3, 0.4) is 0 Å². The van der Waals surface area contributed by atoms with Gasteiger partial charge in [0.25, 0.3) is 5.91 Å². The van der Waals surface area contributed by atoms with Gasteiger partial charge in [0.1, 0.15) is 17.5 Å². The number of hydrogen-bond donors (Lipinski definition) is 2. The summed E-state index contributed by atoms with van der Waals surface area (Å²) in [6, 6.07) is 18.7. The summed E-state index contributed by atoms with van der Waals surface area (Å²) >= 11 is 0. The number of nitrogens with zero attached hydrogens (tertiary/aromatic N) is 3. The van der Waals surface area contributed by atoms with Crippen LogP contribution in [0.1, 0.15) is 30.0 Å². The number of anilines is 4. The molecule has 0 atom stereocenters. The number of nitrogens with one attached hydrogen (secondary N) is 2. The van der Waals surface area contributed by atoms with E-state index in [9.17, 15) is 4.79 Å². The summed E-state index contributed by atoms with van der Waals surface area (Å²) in [4.78, 5) is 23.4. The van der Waals surface area contributed by atoms with Crippen LogP contribution in [0.5, 0.6) is 0 Å². The average molecular weight is 375 g/mol. The molecule has 1 amide bonds. The molecule has 144 valence electrons. The summed E-state index contributed by atoms with van der Waals surface area (Å²) in [5, 5.41) is 6.21. The van der Waals surface area contributed by atoms with Crippen LogP contribution in [-0.2, 0) is 0 Å². The fraction of sp³-hybridized carbons (Fsp3) is 0.227. The van der Waals surface area contributed by atoms with Crippen molar-refractivity contribution in [2.45, 2.75) is 20.8 Å². The maximum absolute atomic E-state index is 12.2. The summed E-state index contributed by atoms with van der Waals surface area (Å²) < 4.78 is 0. The minimum atomic E-state index is -0.128. The summed E-state index contributed by atoms with van der Waals surface area (Å²) in [5.74, 6) is 2.25. The van der Waals surface area contributed by atoms with Crippen molar-refractivity contribution < 1.29 is 4.79 Å². The minimum Gasteiger partial charge on any atom is -0.357 e. The van der Waals surface area contributed by atoms with Crippen LogP contribution < -0.4 is 15.5 Å². The topological polar surface area (TPSA) is 70.2 Å². The van der Waals surface area contributed by atoms with E-state index in [1.807, 2.05) is 55.5 Å². The zero-order valence-electron chi connectivity index (χ0n) is 16.4. The summed E-state index contributed by atoms with van der Waals surface area (Å²) in [5.41, 5.74) is 2.26. The highest BCUT2D eigenvalue weighted by atomic mass is 16.1. The Bertz CT molecular complexity index is 921. The van der Waals surface area contributed by atoms with Crippen molar-refractivity contribution >= 4 is 28.9 Å². The van der Waals surface area contributed by atoms with E-state index in [0.29, 0.717) is 5.56 Å². The molecule has 0 radical (unpaired) electrons. The third-order valence-electron chi connectivity index (χ3n) is 4.36. The molecule has 1 heterocycles. The molecular weight excluding hydrogens is 350 g/mol. The van der Waals surface area contributed by atoms with Gasteiger partial charge in [0, 0.05) is 36.1 Å². The smallest absolute Gasteiger partial charge is 0.255 e. The quantitative estimate of drug-likeness (QED) is 0.630. The Morgan fingerprint density at radius 3 is 2.21 bits per heavy atom. The zero-order valence-corrected chi connectivity index (χ0v) is 16.4. The number of amides is 1. The summed E-state index contributed by atoms with van der Waals surface area (Å²) in [6.45, 7) is 7.89. The highest BCUT2D eigenvalue weighted by molar-refractivity contribution is 6.04. The molecule has 3 aromatic rings. The van der Waals surface area contributed by atoms with E-state index in [1.165, 1.54) is 0 Å². The van der Waals surface area contributed by atoms with Crippen LogP contribution >= 0.6 is 0 Å². The monoisotopic (exact) mass is 375 g/mol. The molecule has 6 heteroatoms. The molecule has 0 spiro atoms. The molecule has 0 saturated heterocycles. The van der Waals surface area contributed by atoms with Gasteiger partial charge in [0.15, 0.2) is 0 Å². The molecule has 0 unspecified atom stereocenters. The fourth-order valence-corrected chi connectivity index (χ4v) is 2.90. The van der Waals surface area contributed by atoms with Gasteiger partial charge in [-0.3, -0.25) is 4.79 Å². The standard InChI is InChI=1S/C22H25N5O/c1-4-27(5-2)21-15-20(23-16(3)24-21)25-18-11-13-19(14-12-18)26-22(28)17-9-7-6-8-10-17/h6-15H,4-5H2,1-3H3,(H,26,28)(H,23,24,25). The van der Waals surface area contributed by atoms with E-state index in [-0.39, 0.29) is 5.91 Å². The number of rotatable bonds is 7. The molecular formula is C22H25N5O. The average Bonchev–Trinajstić information content (AvgIpc) is 2.71. The van der Waals surface area contributed by atoms with Crippen LogP contribution in [0.4, 0.5) is 23.0 Å². The number of benzene rings is 2. The molecule has 0 bridgehead atoms. The van der Waals surface area contributed by atoms with Gasteiger partial charge in [-0.25, -0.2) is 9.97 Å². The molecule has 6 nitrogen and oxygen atoms in total. The number of hydrogen-bond acceptors (Lipinski definition) is 5. The summed E-state index contributed by atoms with van der Waals surface area (Å²) in [7, 11) is 0. The molecule has 0 fully saturated rings. The van der Waals surface area contributed by atoms with E-state index in [0.717, 1.165) is 41.9 Å². The van der Waals surface area contributed by atoms with E-state index in [4.69, 9.17) is 0 Å². The molecule has 1 aromatic heterocycles. The SMILES string of the molecule is CCN(CC)c1cc(Nc2ccc(NC(=O)c3ccccc3)cc2)nc(C)n1. The molecule has 0 aliphatic heterocycles. The van der Waals surface area contributed by atoms with Gasteiger partial charge >= 0.3 is 0 Å². The number of carbonyl (C=O) groups is 1. The lowest BCUT2D eigenvalue weighted by Gasteiger charge is -2.20. The van der Waals surface area contributed by atoms with E-state index in [2.05, 4.69) is 39.3 Å². The minimum absolute atomic E-state index is 0.128. The first-order chi connectivity index (χ1) is 13.6. The van der Waals surface area contributed by atoms with Crippen LogP contribution in [-0.4, -0.2) is 29.0 Å². The zero-order chi connectivity index (χ0) is 19.9. The van der Waals surface area contributed by atoms with Crippen molar-refractivity contribution in [3.8, 4) is 0 Å². The highest BCUT2D eigenvalue weighted by Gasteiger charge is 2.08. The largest absolute Gasteiger partial charge is 0.357 e. The Morgan fingerprint density at radius 2 is 1.57 bits per heavy atom. The van der Waals surface area contributed by atoms with Crippen LogP contribution in [0.15, 0.2) is 60.7 Å². The lowest BCUT2D eigenvalue weighted by Crippen LogP contribution is -2.23. The lowest BCUT2D eigenvalue weighted by atomic mass is 10.2. The number of aromatic nitrogens is 2. The third kappa shape index (κ3) is 4.85. The molecule has 0 aliphatic rings. The molecule has 2 N–H and O–H groups in total. The van der Waals surface area contributed by atoms with Gasteiger partial charge in [0.2, 0.25) is 0 Å². The molecule has 2 aromatic carbocycles. The van der Waals surface area contributed by atoms with Gasteiger partial charge in [-0.15, -0.1) is 0 Å². The van der Waals surface area contributed by atoms with Crippen LogP contribution in [0.2, 0.25) is 0 Å². The second kappa shape index (κ2) is 8.99. The normalized spacial score (nSPS) is 10.4. The molecule has 28 heavy (non-hydrogen) atoms. The predicted molar refractivity (Wildman–Crippen MR) is 114 cm³/mol. The molecule has 3 rings (SSSR count). The van der Waals surface area contributed by atoms with Gasteiger partial charge in [0.05, 0.1) is 0 Å². The van der Waals surface area contributed by atoms with E-state index >= 15 is 0 Å². The number of carbonyl (C=O) groups excluding carboxylic acids is 1. The van der Waals surface area contributed by atoms with Crippen molar-refractivity contribution in [2.24, 2.45) is 0 Å². The van der Waals surface area contributed by atoms with Crippen molar-refractivity contribution in [1.29, 1.82) is 0 Å². The van der Waals surface area contributed by atoms with Gasteiger partial charge in [-0.05, 0) is 57.2 Å². The van der Waals surface area contributed by atoms with Crippen molar-refractivity contribution in [2.75, 3.05) is 28.6 Å². The summed E-state index contributed by atoms with van der Waals surface area (Å²) in [6.07, 6.45) is 0. The second-order valence-corrected chi connectivity index (χ2v) is 6.35. The predicted octanol–water partition coefficient (Wildman–Crippen LogP) is 4.63. The Hall–Kier alpha value is -3.41. The Balaban J connectivity index is 1.70. The van der Waals surface area contributed by atoms with Gasteiger partial charge in [-0.1, -0.05) is 18.2 Å². The Morgan fingerprint density at radius 1 is 0.929 bits per heavy atom. The molecule has 0 saturated carbocycles. The third-order valence-corrected chi connectivity index (χ3v) is 4.36. The second-order valence-electron chi connectivity index (χ2n) is 6.35. The fourth-order valence-electron chi connectivity index (χ4n) is 2.90. The van der Waals surface area contributed by atoms with Crippen molar-refractivity contribution in [1.82, 2.24) is 9.97 Å². The van der Waals surface area contributed by atoms with Crippen molar-refractivity contribution in [3.63, 3.8) is 0 Å². The van der Waals surface area contributed by atoms with Crippen molar-refractivity contribution in [3.05, 3.63) is 72.1 Å². The molecule has 0 aliphatic carbocycles. The van der Waals surface area contributed by atoms with Crippen LogP contribution in [0, 0.1) is 6.92 Å². The number of aryl methyl sites for hydroxylation is 1. The maximum Gasteiger partial charge on any atom is 0.255 e. The Labute approximate surface area is 165 Å².